The Kier molecular flexibility index (Phi) is 4.24. The van der Waals surface area contributed by atoms with Crippen LogP contribution < -0.4 is 0 Å². The smallest absolute Gasteiger partial charge is 0.338 e. The van der Waals surface area contributed by atoms with Crippen molar-refractivity contribution in [1.29, 1.82) is 0 Å². The van der Waals surface area contributed by atoms with Crippen molar-refractivity contribution in [2.24, 2.45) is 0 Å². The summed E-state index contributed by atoms with van der Waals surface area (Å²) >= 11 is 1.34. The van der Waals surface area contributed by atoms with Gasteiger partial charge in [-0.05, 0) is 25.0 Å². The van der Waals surface area contributed by atoms with Crippen LogP contribution in [0.1, 0.15) is 42.5 Å². The molecule has 0 aromatic carbocycles. The molecule has 1 saturated carbocycles. The Balaban J connectivity index is 2.03. The molecule has 1 heterocycles. The van der Waals surface area contributed by atoms with Crippen molar-refractivity contribution in [3.05, 3.63) is 23.9 Å². The first-order chi connectivity index (χ1) is 8.61. The lowest BCUT2D eigenvalue weighted by molar-refractivity contribution is 0.0272. The first kappa shape index (κ1) is 13.4. The van der Waals surface area contributed by atoms with E-state index in [4.69, 9.17) is 5.11 Å². The second-order valence-electron chi connectivity index (χ2n) is 4.73. The van der Waals surface area contributed by atoms with Gasteiger partial charge in [-0.25, -0.2) is 9.78 Å². The van der Waals surface area contributed by atoms with Crippen LogP contribution in [-0.2, 0) is 0 Å². The molecule has 5 heteroatoms. The molecule has 0 amide bonds. The molecule has 0 saturated heterocycles. The number of carboxylic acids is 1. The zero-order valence-corrected chi connectivity index (χ0v) is 10.9. The number of carbonyl (C=O) groups is 1. The van der Waals surface area contributed by atoms with Gasteiger partial charge in [0.25, 0.3) is 0 Å². The summed E-state index contributed by atoms with van der Waals surface area (Å²) in [5.41, 5.74) is -0.446. The van der Waals surface area contributed by atoms with Gasteiger partial charge in [-0.15, -0.1) is 11.8 Å². The van der Waals surface area contributed by atoms with Crippen molar-refractivity contribution in [2.45, 2.75) is 42.7 Å². The lowest BCUT2D eigenvalue weighted by atomic mass is 9.86. The number of carboxylic acid groups (broad SMARTS) is 1. The van der Waals surface area contributed by atoms with Gasteiger partial charge in [-0.2, -0.15) is 0 Å². The van der Waals surface area contributed by atoms with E-state index in [1.165, 1.54) is 18.2 Å². The molecule has 4 nitrogen and oxygen atoms in total. The average molecular weight is 267 g/mol. The SMILES string of the molecule is O=C(O)c1cccnc1SCC1(O)CCCCC1. The van der Waals surface area contributed by atoms with E-state index in [1.54, 1.807) is 18.3 Å². The minimum Gasteiger partial charge on any atom is -0.478 e. The Bertz CT molecular complexity index is 430. The number of aromatic nitrogens is 1. The zero-order chi connectivity index (χ0) is 13.0. The summed E-state index contributed by atoms with van der Waals surface area (Å²) in [5, 5.41) is 19.9. The second kappa shape index (κ2) is 5.71. The van der Waals surface area contributed by atoms with Gasteiger partial charge in [0.2, 0.25) is 0 Å². The van der Waals surface area contributed by atoms with Crippen molar-refractivity contribution >= 4 is 17.7 Å². The standard InChI is InChI=1S/C13H17NO3S/c15-12(16)10-5-4-8-14-11(10)18-9-13(17)6-2-1-3-7-13/h4-5,8,17H,1-3,6-7,9H2,(H,15,16). The Morgan fingerprint density at radius 2 is 2.11 bits per heavy atom. The van der Waals surface area contributed by atoms with Gasteiger partial charge in [-0.3, -0.25) is 0 Å². The van der Waals surface area contributed by atoms with Crippen LogP contribution in [0.3, 0.4) is 0 Å². The number of pyridine rings is 1. The van der Waals surface area contributed by atoms with Crippen molar-refractivity contribution in [2.75, 3.05) is 5.75 Å². The fourth-order valence-electron chi connectivity index (χ4n) is 2.23. The van der Waals surface area contributed by atoms with Gasteiger partial charge in [-0.1, -0.05) is 19.3 Å². The van der Waals surface area contributed by atoms with Crippen molar-refractivity contribution in [1.82, 2.24) is 4.98 Å². The van der Waals surface area contributed by atoms with E-state index in [0.29, 0.717) is 10.8 Å². The highest BCUT2D eigenvalue weighted by Gasteiger charge is 2.29. The zero-order valence-electron chi connectivity index (χ0n) is 10.1. The fraction of sp³-hybridized carbons (Fsp3) is 0.538. The molecule has 0 bridgehead atoms. The van der Waals surface area contributed by atoms with E-state index in [0.717, 1.165) is 25.7 Å². The van der Waals surface area contributed by atoms with Gasteiger partial charge in [0.05, 0.1) is 11.2 Å². The van der Waals surface area contributed by atoms with Crippen molar-refractivity contribution in [3.63, 3.8) is 0 Å². The quantitative estimate of drug-likeness (QED) is 0.820. The molecule has 0 radical (unpaired) electrons. The number of aliphatic hydroxyl groups is 1. The molecule has 18 heavy (non-hydrogen) atoms. The summed E-state index contributed by atoms with van der Waals surface area (Å²) in [7, 11) is 0. The van der Waals surface area contributed by atoms with Crippen LogP contribution in [0.4, 0.5) is 0 Å². The fourth-order valence-corrected chi connectivity index (χ4v) is 3.37. The number of hydrogen-bond acceptors (Lipinski definition) is 4. The molecule has 1 aromatic rings. The van der Waals surface area contributed by atoms with Crippen LogP contribution in [0.25, 0.3) is 0 Å². The molecule has 1 fully saturated rings. The number of thioether (sulfide) groups is 1. The van der Waals surface area contributed by atoms with Gasteiger partial charge in [0.15, 0.2) is 0 Å². The molecule has 2 rings (SSSR count). The predicted octanol–water partition coefficient (Wildman–Crippen LogP) is 2.57. The van der Waals surface area contributed by atoms with E-state index in [9.17, 15) is 9.90 Å². The maximum atomic E-state index is 11.0. The molecule has 0 unspecified atom stereocenters. The van der Waals surface area contributed by atoms with Crippen molar-refractivity contribution < 1.29 is 15.0 Å². The molecule has 1 aliphatic rings. The summed E-state index contributed by atoms with van der Waals surface area (Å²) < 4.78 is 0. The molecular weight excluding hydrogens is 250 g/mol. The van der Waals surface area contributed by atoms with Crippen LogP contribution in [0.5, 0.6) is 0 Å². The molecule has 0 aliphatic heterocycles. The van der Waals surface area contributed by atoms with Gasteiger partial charge in [0.1, 0.15) is 5.03 Å². The number of rotatable bonds is 4. The minimum atomic E-state index is -0.971. The van der Waals surface area contributed by atoms with E-state index in [-0.39, 0.29) is 5.56 Å². The number of nitrogens with zero attached hydrogens (tertiary/aromatic N) is 1. The molecule has 0 atom stereocenters. The normalized spacial score (nSPS) is 18.5. The summed E-state index contributed by atoms with van der Waals surface area (Å²) in [6.07, 6.45) is 6.46. The van der Waals surface area contributed by atoms with Gasteiger partial charge >= 0.3 is 5.97 Å². The monoisotopic (exact) mass is 267 g/mol. The van der Waals surface area contributed by atoms with Gasteiger partial charge < -0.3 is 10.2 Å². The molecule has 98 valence electrons. The lowest BCUT2D eigenvalue weighted by Gasteiger charge is -2.31. The third-order valence-corrected chi connectivity index (χ3v) is 4.54. The molecular formula is C13H17NO3S. The molecule has 0 spiro atoms. The van der Waals surface area contributed by atoms with E-state index < -0.39 is 11.6 Å². The van der Waals surface area contributed by atoms with E-state index >= 15 is 0 Å². The van der Waals surface area contributed by atoms with Gasteiger partial charge in [0, 0.05) is 11.9 Å². The second-order valence-corrected chi connectivity index (χ2v) is 5.70. The Hall–Kier alpha value is -1.07. The summed E-state index contributed by atoms with van der Waals surface area (Å²) in [6.45, 7) is 0. The lowest BCUT2D eigenvalue weighted by Crippen LogP contribution is -2.34. The first-order valence-electron chi connectivity index (χ1n) is 6.14. The summed E-state index contributed by atoms with van der Waals surface area (Å²) in [6, 6.07) is 3.16. The summed E-state index contributed by atoms with van der Waals surface area (Å²) in [5.74, 6) is -0.453. The maximum Gasteiger partial charge on any atom is 0.338 e. The molecule has 2 N–H and O–H groups in total. The highest BCUT2D eigenvalue weighted by molar-refractivity contribution is 7.99. The van der Waals surface area contributed by atoms with Crippen LogP contribution in [-0.4, -0.2) is 32.5 Å². The van der Waals surface area contributed by atoms with Crippen molar-refractivity contribution in [3.8, 4) is 0 Å². The largest absolute Gasteiger partial charge is 0.478 e. The number of hydrogen-bond donors (Lipinski definition) is 2. The third kappa shape index (κ3) is 3.23. The highest BCUT2D eigenvalue weighted by Crippen LogP contribution is 2.33. The number of aromatic carboxylic acids is 1. The highest BCUT2D eigenvalue weighted by atomic mass is 32.2. The Labute approximate surface area is 110 Å². The van der Waals surface area contributed by atoms with Crippen LogP contribution >= 0.6 is 11.8 Å². The minimum absolute atomic E-state index is 0.210. The molecule has 1 aliphatic carbocycles. The van der Waals surface area contributed by atoms with E-state index in [1.807, 2.05) is 0 Å². The third-order valence-electron chi connectivity index (χ3n) is 3.26. The summed E-state index contributed by atoms with van der Waals surface area (Å²) in [4.78, 5) is 15.1. The van der Waals surface area contributed by atoms with Crippen LogP contribution in [0, 0.1) is 0 Å². The first-order valence-corrected chi connectivity index (χ1v) is 7.13. The topological polar surface area (TPSA) is 70.4 Å². The van der Waals surface area contributed by atoms with E-state index in [2.05, 4.69) is 4.98 Å². The Morgan fingerprint density at radius 1 is 1.39 bits per heavy atom. The molecule has 1 aromatic heterocycles. The van der Waals surface area contributed by atoms with Crippen LogP contribution in [0.2, 0.25) is 0 Å². The predicted molar refractivity (Wildman–Crippen MR) is 70.0 cm³/mol. The van der Waals surface area contributed by atoms with Crippen LogP contribution in [0.15, 0.2) is 23.4 Å². The maximum absolute atomic E-state index is 11.0. The Morgan fingerprint density at radius 3 is 2.78 bits per heavy atom. The average Bonchev–Trinajstić information content (AvgIpc) is 2.38.